The van der Waals surface area contributed by atoms with Crippen molar-refractivity contribution in [3.8, 4) is 0 Å². The quantitative estimate of drug-likeness (QED) is 0.887. The summed E-state index contributed by atoms with van der Waals surface area (Å²) in [7, 11) is 0. The Morgan fingerprint density at radius 1 is 1.23 bits per heavy atom. The Morgan fingerprint density at radius 3 is 2.46 bits per heavy atom. The first-order valence-electron chi connectivity index (χ1n) is 8.69. The molecule has 1 saturated heterocycles. The molecular formula is C18H19F3N4O. The average Bonchev–Trinajstić information content (AvgIpc) is 3.23. The SMILES string of the molecule is O=C(CCc1cn[nH]n1)N1CC(c2ccc(C3(C(F)(F)F)CC3)cc2)C1. The van der Waals surface area contributed by atoms with Crippen molar-refractivity contribution in [2.75, 3.05) is 13.1 Å². The van der Waals surface area contributed by atoms with Gasteiger partial charge in [0.25, 0.3) is 0 Å². The van der Waals surface area contributed by atoms with Gasteiger partial charge in [0.15, 0.2) is 0 Å². The maximum atomic E-state index is 13.2. The van der Waals surface area contributed by atoms with E-state index in [1.54, 1.807) is 35.4 Å². The van der Waals surface area contributed by atoms with Crippen molar-refractivity contribution >= 4 is 5.91 Å². The van der Waals surface area contributed by atoms with Gasteiger partial charge in [0.05, 0.1) is 17.3 Å². The molecule has 2 aromatic rings. The number of hydrogen-bond acceptors (Lipinski definition) is 3. The molecule has 1 aromatic carbocycles. The predicted octanol–water partition coefficient (Wildman–Crippen LogP) is 2.96. The third-order valence-electron chi connectivity index (χ3n) is 5.52. The van der Waals surface area contributed by atoms with Crippen molar-refractivity contribution in [3.05, 3.63) is 47.3 Å². The smallest absolute Gasteiger partial charge is 0.341 e. The molecule has 2 aliphatic rings. The Kier molecular flexibility index (Phi) is 4.00. The summed E-state index contributed by atoms with van der Waals surface area (Å²) < 4.78 is 39.5. The lowest BCUT2D eigenvalue weighted by Gasteiger charge is -2.39. The number of hydrogen-bond donors (Lipinski definition) is 1. The Balaban J connectivity index is 1.31. The van der Waals surface area contributed by atoms with Gasteiger partial charge in [0, 0.05) is 31.8 Å². The first kappa shape index (κ1) is 17.1. The number of carbonyl (C=O) groups is 1. The fourth-order valence-electron chi connectivity index (χ4n) is 3.57. The largest absolute Gasteiger partial charge is 0.398 e. The van der Waals surface area contributed by atoms with Gasteiger partial charge in [-0.3, -0.25) is 4.79 Å². The molecule has 2 fully saturated rings. The molecule has 4 rings (SSSR count). The van der Waals surface area contributed by atoms with Crippen molar-refractivity contribution in [1.29, 1.82) is 0 Å². The highest BCUT2D eigenvalue weighted by Crippen LogP contribution is 2.58. The highest BCUT2D eigenvalue weighted by molar-refractivity contribution is 5.77. The van der Waals surface area contributed by atoms with E-state index in [-0.39, 0.29) is 24.7 Å². The molecule has 0 spiro atoms. The maximum absolute atomic E-state index is 13.2. The Hall–Kier alpha value is -2.38. The molecule has 1 aliphatic heterocycles. The van der Waals surface area contributed by atoms with E-state index >= 15 is 0 Å². The summed E-state index contributed by atoms with van der Waals surface area (Å²) in [6, 6.07) is 6.77. The van der Waals surface area contributed by atoms with Crippen LogP contribution < -0.4 is 0 Å². The number of alkyl halides is 3. The predicted molar refractivity (Wildman–Crippen MR) is 87.4 cm³/mol. The van der Waals surface area contributed by atoms with Crippen LogP contribution in [0.25, 0.3) is 0 Å². The lowest BCUT2D eigenvalue weighted by molar-refractivity contribution is -0.160. The Morgan fingerprint density at radius 2 is 1.92 bits per heavy atom. The summed E-state index contributed by atoms with van der Waals surface area (Å²) in [6.07, 6.45) is -1.31. The van der Waals surface area contributed by atoms with Gasteiger partial charge in [-0.1, -0.05) is 24.3 Å². The van der Waals surface area contributed by atoms with E-state index < -0.39 is 11.6 Å². The summed E-state index contributed by atoms with van der Waals surface area (Å²) >= 11 is 0. The van der Waals surface area contributed by atoms with Crippen LogP contribution in [0.2, 0.25) is 0 Å². The number of aromatic nitrogens is 3. The fraction of sp³-hybridized carbons (Fsp3) is 0.500. The Labute approximate surface area is 148 Å². The molecule has 5 nitrogen and oxygen atoms in total. The molecular weight excluding hydrogens is 345 g/mol. The van der Waals surface area contributed by atoms with E-state index in [9.17, 15) is 18.0 Å². The number of amides is 1. The lowest BCUT2D eigenvalue weighted by atomic mass is 9.88. The molecule has 1 aliphatic carbocycles. The van der Waals surface area contributed by atoms with Crippen molar-refractivity contribution in [1.82, 2.24) is 20.3 Å². The van der Waals surface area contributed by atoms with Gasteiger partial charge >= 0.3 is 6.18 Å². The third kappa shape index (κ3) is 2.97. The number of rotatable bonds is 5. The zero-order valence-corrected chi connectivity index (χ0v) is 14.1. The molecule has 0 bridgehead atoms. The standard InChI is InChI=1S/C18H19F3N4O/c19-18(20,21)17(7-8-17)14-3-1-12(2-4-14)13-10-25(11-13)16(26)6-5-15-9-22-24-23-15/h1-4,9,13H,5-8,10-11H2,(H,22,23,24). The minimum Gasteiger partial charge on any atom is -0.341 e. The van der Waals surface area contributed by atoms with Crippen molar-refractivity contribution in [2.24, 2.45) is 0 Å². The summed E-state index contributed by atoms with van der Waals surface area (Å²) in [6.45, 7) is 1.23. The van der Waals surface area contributed by atoms with Crippen molar-refractivity contribution in [3.63, 3.8) is 0 Å². The number of nitrogens with one attached hydrogen (secondary N) is 1. The average molecular weight is 364 g/mol. The second-order valence-electron chi connectivity index (χ2n) is 7.16. The van der Waals surface area contributed by atoms with Gasteiger partial charge in [0.2, 0.25) is 5.91 Å². The van der Waals surface area contributed by atoms with Crippen LogP contribution in [0.3, 0.4) is 0 Å². The maximum Gasteiger partial charge on any atom is 0.398 e. The number of halogens is 3. The van der Waals surface area contributed by atoms with Crippen molar-refractivity contribution < 1.29 is 18.0 Å². The van der Waals surface area contributed by atoms with E-state index in [1.165, 1.54) is 0 Å². The van der Waals surface area contributed by atoms with E-state index in [1.807, 2.05) is 0 Å². The number of benzene rings is 1. The minimum atomic E-state index is -4.18. The highest BCUT2D eigenvalue weighted by Gasteiger charge is 2.64. The van der Waals surface area contributed by atoms with Gasteiger partial charge < -0.3 is 4.90 Å². The lowest BCUT2D eigenvalue weighted by Crippen LogP contribution is -2.48. The summed E-state index contributed by atoms with van der Waals surface area (Å²) in [5.74, 6) is 0.260. The van der Waals surface area contributed by atoms with Gasteiger partial charge in [-0.05, 0) is 24.0 Å². The van der Waals surface area contributed by atoms with Crippen LogP contribution in [0, 0.1) is 0 Å². The van der Waals surface area contributed by atoms with E-state index in [2.05, 4.69) is 15.4 Å². The van der Waals surface area contributed by atoms with Crippen LogP contribution in [0.15, 0.2) is 30.5 Å². The highest BCUT2D eigenvalue weighted by atomic mass is 19.4. The molecule has 8 heteroatoms. The van der Waals surface area contributed by atoms with Gasteiger partial charge in [0.1, 0.15) is 0 Å². The number of likely N-dealkylation sites (tertiary alicyclic amines) is 1. The van der Waals surface area contributed by atoms with Crippen LogP contribution in [-0.4, -0.2) is 45.5 Å². The zero-order valence-electron chi connectivity index (χ0n) is 14.1. The molecule has 1 saturated carbocycles. The summed E-state index contributed by atoms with van der Waals surface area (Å²) in [5, 5.41) is 10.1. The van der Waals surface area contributed by atoms with Crippen molar-refractivity contribution in [2.45, 2.75) is 43.2 Å². The van der Waals surface area contributed by atoms with E-state index in [4.69, 9.17) is 0 Å². The molecule has 0 radical (unpaired) electrons. The molecule has 1 N–H and O–H groups in total. The van der Waals surface area contributed by atoms with E-state index in [0.29, 0.717) is 31.5 Å². The number of carbonyl (C=O) groups excluding carboxylic acids is 1. The molecule has 1 amide bonds. The van der Waals surface area contributed by atoms with Gasteiger partial charge in [-0.15, -0.1) is 0 Å². The second kappa shape index (κ2) is 6.10. The van der Waals surface area contributed by atoms with Crippen LogP contribution in [0.5, 0.6) is 0 Å². The van der Waals surface area contributed by atoms with E-state index in [0.717, 1.165) is 11.3 Å². The van der Waals surface area contributed by atoms with Gasteiger partial charge in [-0.2, -0.15) is 28.6 Å². The van der Waals surface area contributed by atoms with Gasteiger partial charge in [-0.25, -0.2) is 0 Å². The fourth-order valence-corrected chi connectivity index (χ4v) is 3.57. The number of aryl methyl sites for hydroxylation is 1. The molecule has 0 unspecified atom stereocenters. The van der Waals surface area contributed by atoms with Crippen LogP contribution in [-0.2, 0) is 16.6 Å². The molecule has 1 aromatic heterocycles. The summed E-state index contributed by atoms with van der Waals surface area (Å²) in [5.41, 5.74) is 0.472. The molecule has 26 heavy (non-hydrogen) atoms. The second-order valence-corrected chi connectivity index (χ2v) is 7.16. The third-order valence-corrected chi connectivity index (χ3v) is 5.52. The first-order chi connectivity index (χ1) is 12.4. The van der Waals surface area contributed by atoms with Crippen LogP contribution in [0.1, 0.15) is 42.0 Å². The number of nitrogens with zero attached hydrogens (tertiary/aromatic N) is 3. The monoisotopic (exact) mass is 364 g/mol. The number of aromatic amines is 1. The molecule has 0 atom stereocenters. The first-order valence-corrected chi connectivity index (χ1v) is 8.69. The minimum absolute atomic E-state index is 0.0647. The van der Waals surface area contributed by atoms with Crippen LogP contribution in [0.4, 0.5) is 13.2 Å². The molecule has 138 valence electrons. The Bertz CT molecular complexity index is 776. The zero-order chi connectivity index (χ0) is 18.4. The topological polar surface area (TPSA) is 61.9 Å². The number of H-pyrrole nitrogens is 1. The molecule has 2 heterocycles. The normalized spacial score (nSPS) is 19.3. The van der Waals surface area contributed by atoms with Crippen LogP contribution >= 0.6 is 0 Å². The summed E-state index contributed by atoms with van der Waals surface area (Å²) in [4.78, 5) is 13.9.